The molecule has 1 heterocycles. The third kappa shape index (κ3) is 2.54. The van der Waals surface area contributed by atoms with E-state index in [0.29, 0.717) is 0 Å². The van der Waals surface area contributed by atoms with Crippen molar-refractivity contribution in [3.05, 3.63) is 71.2 Å². The number of rotatable bonds is 3. The third-order valence-electron chi connectivity index (χ3n) is 2.89. The van der Waals surface area contributed by atoms with Crippen LogP contribution >= 0.6 is 11.3 Å². The summed E-state index contributed by atoms with van der Waals surface area (Å²) in [6, 6.07) is 19.8. The van der Waals surface area contributed by atoms with Crippen LogP contribution in [0.5, 0.6) is 0 Å². The van der Waals surface area contributed by atoms with E-state index in [9.17, 15) is 0 Å². The van der Waals surface area contributed by atoms with E-state index in [-0.39, 0.29) is 6.04 Å². The zero-order chi connectivity index (χ0) is 13.1. The molecule has 1 unspecified atom stereocenters. The average molecular weight is 267 g/mol. The highest BCUT2D eigenvalue weighted by molar-refractivity contribution is 7.14. The standard InChI is InChI=1S/C15H13N3S/c16-13(11-7-3-1-4-8-11)15-18-17-14(19-15)12-9-5-2-6-10-12/h1-10,13H,16H2. The molecule has 0 saturated carbocycles. The van der Waals surface area contributed by atoms with E-state index < -0.39 is 0 Å². The number of aromatic nitrogens is 2. The fraction of sp³-hybridized carbons (Fsp3) is 0.0667. The number of benzene rings is 2. The van der Waals surface area contributed by atoms with Crippen LogP contribution in [-0.2, 0) is 0 Å². The molecule has 0 radical (unpaired) electrons. The Hall–Kier alpha value is -2.04. The van der Waals surface area contributed by atoms with Gasteiger partial charge in [0.05, 0.1) is 6.04 Å². The Morgan fingerprint density at radius 3 is 2.16 bits per heavy atom. The maximum absolute atomic E-state index is 6.22. The molecule has 0 spiro atoms. The molecule has 0 aliphatic heterocycles. The lowest BCUT2D eigenvalue weighted by Gasteiger charge is -2.06. The van der Waals surface area contributed by atoms with Crippen LogP contribution in [0.3, 0.4) is 0 Å². The molecule has 0 amide bonds. The largest absolute Gasteiger partial charge is 0.318 e. The zero-order valence-electron chi connectivity index (χ0n) is 10.2. The van der Waals surface area contributed by atoms with Gasteiger partial charge in [0.25, 0.3) is 0 Å². The Kier molecular flexibility index (Phi) is 3.35. The molecule has 1 atom stereocenters. The van der Waals surface area contributed by atoms with E-state index in [1.165, 1.54) is 0 Å². The molecule has 0 bridgehead atoms. The van der Waals surface area contributed by atoms with Gasteiger partial charge in [0.15, 0.2) is 0 Å². The van der Waals surface area contributed by atoms with Gasteiger partial charge in [0.2, 0.25) is 0 Å². The van der Waals surface area contributed by atoms with Crippen LogP contribution in [0.4, 0.5) is 0 Å². The summed E-state index contributed by atoms with van der Waals surface area (Å²) >= 11 is 1.54. The van der Waals surface area contributed by atoms with Crippen LogP contribution in [0.15, 0.2) is 60.7 Å². The number of hydrogen-bond donors (Lipinski definition) is 1. The summed E-state index contributed by atoms with van der Waals surface area (Å²) in [5.74, 6) is 0. The van der Waals surface area contributed by atoms with Gasteiger partial charge in [-0.3, -0.25) is 0 Å². The van der Waals surface area contributed by atoms with Crippen molar-refractivity contribution in [2.24, 2.45) is 5.73 Å². The molecule has 0 fully saturated rings. The minimum Gasteiger partial charge on any atom is -0.318 e. The fourth-order valence-electron chi connectivity index (χ4n) is 1.86. The van der Waals surface area contributed by atoms with Crippen molar-refractivity contribution in [1.29, 1.82) is 0 Å². The lowest BCUT2D eigenvalue weighted by Crippen LogP contribution is -2.11. The van der Waals surface area contributed by atoms with E-state index in [1.54, 1.807) is 11.3 Å². The van der Waals surface area contributed by atoms with E-state index in [1.807, 2.05) is 60.7 Å². The second-order valence-electron chi connectivity index (χ2n) is 4.20. The molecule has 3 rings (SSSR count). The van der Waals surface area contributed by atoms with Crippen molar-refractivity contribution in [1.82, 2.24) is 10.2 Å². The molecule has 3 aromatic rings. The monoisotopic (exact) mass is 267 g/mol. The van der Waals surface area contributed by atoms with Gasteiger partial charge in [-0.25, -0.2) is 0 Å². The highest BCUT2D eigenvalue weighted by atomic mass is 32.1. The van der Waals surface area contributed by atoms with Crippen LogP contribution in [0, 0.1) is 0 Å². The Morgan fingerprint density at radius 1 is 0.842 bits per heavy atom. The Bertz CT molecular complexity index is 649. The molecule has 0 aliphatic carbocycles. The summed E-state index contributed by atoms with van der Waals surface area (Å²) in [7, 11) is 0. The summed E-state index contributed by atoms with van der Waals surface area (Å²) in [5.41, 5.74) is 8.35. The molecule has 3 nitrogen and oxygen atoms in total. The van der Waals surface area contributed by atoms with Gasteiger partial charge in [-0.05, 0) is 5.56 Å². The van der Waals surface area contributed by atoms with Crippen LogP contribution in [0.25, 0.3) is 10.6 Å². The summed E-state index contributed by atoms with van der Waals surface area (Å²) in [6.07, 6.45) is 0. The predicted molar refractivity (Wildman–Crippen MR) is 77.8 cm³/mol. The first-order chi connectivity index (χ1) is 9.34. The molecule has 1 aromatic heterocycles. The summed E-state index contributed by atoms with van der Waals surface area (Å²) in [5, 5.41) is 10.2. The van der Waals surface area contributed by atoms with Gasteiger partial charge in [-0.1, -0.05) is 72.0 Å². The van der Waals surface area contributed by atoms with Crippen LogP contribution in [0.1, 0.15) is 16.6 Å². The highest BCUT2D eigenvalue weighted by Gasteiger charge is 2.14. The molecule has 0 aliphatic rings. The summed E-state index contributed by atoms with van der Waals surface area (Å²) in [4.78, 5) is 0. The number of nitrogens with zero attached hydrogens (tertiary/aromatic N) is 2. The zero-order valence-corrected chi connectivity index (χ0v) is 11.0. The second-order valence-corrected chi connectivity index (χ2v) is 5.21. The SMILES string of the molecule is NC(c1ccccc1)c1nnc(-c2ccccc2)s1. The Labute approximate surface area is 115 Å². The van der Waals surface area contributed by atoms with Gasteiger partial charge in [-0.2, -0.15) is 0 Å². The number of hydrogen-bond acceptors (Lipinski definition) is 4. The summed E-state index contributed by atoms with van der Waals surface area (Å²) in [6.45, 7) is 0. The van der Waals surface area contributed by atoms with Gasteiger partial charge >= 0.3 is 0 Å². The van der Waals surface area contributed by atoms with Gasteiger partial charge in [0, 0.05) is 5.56 Å². The van der Waals surface area contributed by atoms with Crippen molar-refractivity contribution < 1.29 is 0 Å². The van der Waals surface area contributed by atoms with E-state index in [2.05, 4.69) is 10.2 Å². The first kappa shape index (κ1) is 12.0. The lowest BCUT2D eigenvalue weighted by atomic mass is 10.1. The minimum absolute atomic E-state index is 0.212. The molecule has 19 heavy (non-hydrogen) atoms. The van der Waals surface area contributed by atoms with Gasteiger partial charge in [0.1, 0.15) is 10.0 Å². The molecule has 2 N–H and O–H groups in total. The van der Waals surface area contributed by atoms with Crippen molar-refractivity contribution in [3.8, 4) is 10.6 Å². The van der Waals surface area contributed by atoms with Crippen molar-refractivity contribution >= 4 is 11.3 Å². The lowest BCUT2D eigenvalue weighted by molar-refractivity contribution is 0.831. The highest BCUT2D eigenvalue weighted by Crippen LogP contribution is 2.28. The summed E-state index contributed by atoms with van der Waals surface area (Å²) < 4.78 is 0. The minimum atomic E-state index is -0.212. The van der Waals surface area contributed by atoms with E-state index >= 15 is 0 Å². The smallest absolute Gasteiger partial charge is 0.147 e. The fourth-order valence-corrected chi connectivity index (χ4v) is 2.74. The maximum atomic E-state index is 6.22. The Balaban J connectivity index is 1.90. The normalized spacial score (nSPS) is 12.3. The Morgan fingerprint density at radius 2 is 1.47 bits per heavy atom. The van der Waals surface area contributed by atoms with Gasteiger partial charge < -0.3 is 5.73 Å². The maximum Gasteiger partial charge on any atom is 0.147 e. The van der Waals surface area contributed by atoms with Crippen molar-refractivity contribution in [3.63, 3.8) is 0 Å². The van der Waals surface area contributed by atoms with Crippen molar-refractivity contribution in [2.45, 2.75) is 6.04 Å². The molecule has 4 heteroatoms. The average Bonchev–Trinajstić information content (AvgIpc) is 2.98. The second kappa shape index (κ2) is 5.30. The molecular weight excluding hydrogens is 254 g/mol. The molecule has 94 valence electrons. The topological polar surface area (TPSA) is 51.8 Å². The third-order valence-corrected chi connectivity index (χ3v) is 3.94. The van der Waals surface area contributed by atoms with Crippen LogP contribution in [-0.4, -0.2) is 10.2 Å². The quantitative estimate of drug-likeness (QED) is 0.792. The van der Waals surface area contributed by atoms with Crippen molar-refractivity contribution in [2.75, 3.05) is 0 Å². The molecule has 0 saturated heterocycles. The van der Waals surface area contributed by atoms with E-state index in [4.69, 9.17) is 5.73 Å². The van der Waals surface area contributed by atoms with E-state index in [0.717, 1.165) is 21.1 Å². The van der Waals surface area contributed by atoms with Crippen LogP contribution in [0.2, 0.25) is 0 Å². The number of nitrogens with two attached hydrogens (primary N) is 1. The first-order valence-electron chi connectivity index (χ1n) is 6.04. The molecule has 2 aromatic carbocycles. The molecular formula is C15H13N3S. The predicted octanol–water partition coefficient (Wildman–Crippen LogP) is 3.25. The van der Waals surface area contributed by atoms with Crippen LogP contribution < -0.4 is 5.73 Å². The van der Waals surface area contributed by atoms with Gasteiger partial charge in [-0.15, -0.1) is 10.2 Å². The first-order valence-corrected chi connectivity index (χ1v) is 6.85.